The number of halogens is 3. The number of alkyl halides is 2. The summed E-state index contributed by atoms with van der Waals surface area (Å²) in [5.74, 6) is -0.626. The van der Waals surface area contributed by atoms with Gasteiger partial charge in [0.15, 0.2) is 0 Å². The van der Waals surface area contributed by atoms with Crippen LogP contribution in [0.1, 0.15) is 30.4 Å². The Morgan fingerprint density at radius 2 is 2.17 bits per heavy atom. The van der Waals surface area contributed by atoms with Gasteiger partial charge in [-0.15, -0.1) is 0 Å². The Kier molecular flexibility index (Phi) is 5.24. The number of hydrogen-bond donors (Lipinski definition) is 1. The molecule has 2 atom stereocenters. The van der Waals surface area contributed by atoms with Crippen molar-refractivity contribution >= 4 is 0 Å². The van der Waals surface area contributed by atoms with Crippen LogP contribution in [0.5, 0.6) is 5.75 Å². The van der Waals surface area contributed by atoms with E-state index in [2.05, 4.69) is 10.2 Å². The highest BCUT2D eigenvalue weighted by molar-refractivity contribution is 5.73. The molecule has 4 nitrogen and oxygen atoms in total. The van der Waals surface area contributed by atoms with Crippen LogP contribution >= 0.6 is 0 Å². The number of ether oxygens (including phenoxy) is 1. The normalized spacial score (nSPS) is 23.5. The Morgan fingerprint density at radius 1 is 1.34 bits per heavy atom. The highest BCUT2D eigenvalue weighted by Gasteiger charge is 2.48. The third-order valence-electron chi connectivity index (χ3n) is 6.21. The molecule has 0 unspecified atom stereocenters. The van der Waals surface area contributed by atoms with Crippen molar-refractivity contribution in [3.63, 3.8) is 0 Å². The van der Waals surface area contributed by atoms with Crippen molar-refractivity contribution in [2.24, 2.45) is 0 Å². The zero-order chi connectivity index (χ0) is 20.6. The molecule has 29 heavy (non-hydrogen) atoms. The Balaban J connectivity index is 1.69. The van der Waals surface area contributed by atoms with E-state index in [1.54, 1.807) is 30.3 Å². The summed E-state index contributed by atoms with van der Waals surface area (Å²) in [6.07, 6.45) is 3.25. The molecule has 4 rings (SSSR count). The van der Waals surface area contributed by atoms with Gasteiger partial charge in [0.05, 0.1) is 5.56 Å². The van der Waals surface area contributed by atoms with Crippen molar-refractivity contribution in [1.29, 1.82) is 5.26 Å². The molecule has 1 heterocycles. The lowest BCUT2D eigenvalue weighted by atomic mass is 9.98. The lowest BCUT2D eigenvalue weighted by molar-refractivity contribution is -0.0504. The van der Waals surface area contributed by atoms with Crippen molar-refractivity contribution in [2.45, 2.75) is 44.0 Å². The summed E-state index contributed by atoms with van der Waals surface area (Å²) in [5, 5.41) is 12.4. The van der Waals surface area contributed by atoms with Crippen LogP contribution in [-0.2, 0) is 6.54 Å². The summed E-state index contributed by atoms with van der Waals surface area (Å²) in [6.45, 7) is -1.64. The fourth-order valence-corrected chi connectivity index (χ4v) is 4.72. The molecule has 0 radical (unpaired) electrons. The van der Waals surface area contributed by atoms with E-state index in [-0.39, 0.29) is 16.9 Å². The Labute approximate surface area is 167 Å². The first-order valence-electron chi connectivity index (χ1n) is 9.64. The molecule has 0 aromatic heterocycles. The molecule has 1 saturated heterocycles. The van der Waals surface area contributed by atoms with Crippen molar-refractivity contribution in [3.8, 4) is 22.9 Å². The number of likely N-dealkylation sites (N-methyl/N-ethyl adjacent to an activating group) is 1. The Morgan fingerprint density at radius 3 is 2.83 bits per heavy atom. The second kappa shape index (κ2) is 7.69. The highest BCUT2D eigenvalue weighted by Crippen LogP contribution is 2.43. The predicted octanol–water partition coefficient (Wildman–Crippen LogP) is 4.29. The van der Waals surface area contributed by atoms with Gasteiger partial charge < -0.3 is 10.1 Å². The minimum Gasteiger partial charge on any atom is -0.434 e. The molecule has 7 heteroatoms. The third-order valence-corrected chi connectivity index (χ3v) is 6.21. The van der Waals surface area contributed by atoms with Gasteiger partial charge in [-0.25, -0.2) is 4.39 Å². The van der Waals surface area contributed by atoms with Gasteiger partial charge in [-0.1, -0.05) is 24.3 Å². The number of nitrogens with zero attached hydrogens (tertiary/aromatic N) is 2. The van der Waals surface area contributed by atoms with Gasteiger partial charge in [0, 0.05) is 35.8 Å². The first-order chi connectivity index (χ1) is 13.9. The van der Waals surface area contributed by atoms with Crippen molar-refractivity contribution < 1.29 is 17.9 Å². The lowest BCUT2D eigenvalue weighted by Gasteiger charge is -2.33. The van der Waals surface area contributed by atoms with Crippen LogP contribution in [0.2, 0.25) is 0 Å². The Hall–Kier alpha value is -2.56. The van der Waals surface area contributed by atoms with Crippen LogP contribution in [0.3, 0.4) is 0 Å². The number of rotatable bonds is 6. The number of fused-ring (bicyclic) bond motifs is 2. The maximum Gasteiger partial charge on any atom is 0.387 e. The maximum absolute atomic E-state index is 14.1. The second-order valence-corrected chi connectivity index (χ2v) is 7.81. The zero-order valence-electron chi connectivity index (χ0n) is 16.1. The molecule has 0 amide bonds. The average molecular weight is 401 g/mol. The summed E-state index contributed by atoms with van der Waals surface area (Å²) >= 11 is 0. The minimum absolute atomic E-state index is 0.0629. The second-order valence-electron chi connectivity index (χ2n) is 7.81. The van der Waals surface area contributed by atoms with Gasteiger partial charge in [0.25, 0.3) is 0 Å². The van der Waals surface area contributed by atoms with E-state index in [1.165, 1.54) is 12.1 Å². The zero-order valence-corrected chi connectivity index (χ0v) is 16.1. The van der Waals surface area contributed by atoms with Crippen molar-refractivity contribution in [2.75, 3.05) is 13.6 Å². The maximum atomic E-state index is 14.1. The van der Waals surface area contributed by atoms with Gasteiger partial charge in [0.2, 0.25) is 0 Å². The number of hydrogen-bond acceptors (Lipinski definition) is 4. The van der Waals surface area contributed by atoms with Crippen LogP contribution < -0.4 is 10.1 Å². The highest BCUT2D eigenvalue weighted by atomic mass is 19.3. The van der Waals surface area contributed by atoms with Gasteiger partial charge >= 0.3 is 6.61 Å². The van der Waals surface area contributed by atoms with E-state index in [0.717, 1.165) is 25.8 Å². The van der Waals surface area contributed by atoms with E-state index in [9.17, 15) is 13.2 Å². The number of nitriles is 1. The third kappa shape index (κ3) is 3.70. The van der Waals surface area contributed by atoms with Gasteiger partial charge in [-0.05, 0) is 44.0 Å². The summed E-state index contributed by atoms with van der Waals surface area (Å²) in [4.78, 5) is 2.30. The topological polar surface area (TPSA) is 48.3 Å². The fraction of sp³-hybridized carbons (Fsp3) is 0.409. The number of likely N-dealkylation sites (tertiary alicyclic amines) is 1. The monoisotopic (exact) mass is 401 g/mol. The van der Waals surface area contributed by atoms with E-state index in [0.29, 0.717) is 29.3 Å². The molecule has 152 valence electrons. The SMILES string of the molecule is CN[C@@]12CC[C@@H](C1)N(Cc1cccc(-c3ccc(C#N)c(F)c3)c1OC(F)F)C2. The molecule has 0 spiro atoms. The number of para-hydroxylation sites is 1. The van der Waals surface area contributed by atoms with Crippen LogP contribution in [0.4, 0.5) is 13.2 Å². The minimum atomic E-state index is -2.99. The quantitative estimate of drug-likeness (QED) is 0.785. The fourth-order valence-electron chi connectivity index (χ4n) is 4.72. The van der Waals surface area contributed by atoms with E-state index >= 15 is 0 Å². The lowest BCUT2D eigenvalue weighted by Crippen LogP contribution is -2.46. The average Bonchev–Trinajstić information content (AvgIpc) is 3.28. The van der Waals surface area contributed by atoms with Gasteiger partial charge in [-0.3, -0.25) is 4.90 Å². The van der Waals surface area contributed by atoms with Crippen LogP contribution in [0.15, 0.2) is 36.4 Å². The van der Waals surface area contributed by atoms with Gasteiger partial charge in [-0.2, -0.15) is 14.0 Å². The molecule has 2 aromatic carbocycles. The van der Waals surface area contributed by atoms with E-state index in [1.807, 2.05) is 7.05 Å². The van der Waals surface area contributed by atoms with E-state index < -0.39 is 12.4 Å². The predicted molar refractivity (Wildman–Crippen MR) is 103 cm³/mol. The first kappa shape index (κ1) is 19.7. The number of benzene rings is 2. The molecular weight excluding hydrogens is 379 g/mol. The first-order valence-corrected chi connectivity index (χ1v) is 9.64. The molecular formula is C22H22F3N3O. The molecule has 2 fully saturated rings. The molecule has 2 bridgehead atoms. The summed E-state index contributed by atoms with van der Waals surface area (Å²) in [5.41, 5.74) is 1.44. The molecule has 1 saturated carbocycles. The molecule has 2 aliphatic rings. The standard InChI is InChI=1S/C22H22F3N3O/c1-27-22-8-7-17(10-22)28(13-22)12-16-3-2-4-18(20(16)29-21(24)25)14-5-6-15(11-26)19(23)9-14/h2-6,9,17,21,27H,7-8,10,12-13H2,1H3/t17-,22-/m0/s1. The molecule has 1 aliphatic heterocycles. The summed E-state index contributed by atoms with van der Waals surface area (Å²) < 4.78 is 45.4. The summed E-state index contributed by atoms with van der Waals surface area (Å²) in [6, 6.07) is 11.4. The van der Waals surface area contributed by atoms with Crippen LogP contribution in [0.25, 0.3) is 11.1 Å². The Bertz CT molecular complexity index is 959. The molecule has 2 aromatic rings. The van der Waals surface area contributed by atoms with Gasteiger partial charge in [0.1, 0.15) is 17.6 Å². The smallest absolute Gasteiger partial charge is 0.387 e. The van der Waals surface area contributed by atoms with E-state index in [4.69, 9.17) is 10.00 Å². The largest absolute Gasteiger partial charge is 0.434 e. The van der Waals surface area contributed by atoms with Crippen molar-refractivity contribution in [1.82, 2.24) is 10.2 Å². The molecule has 1 N–H and O–H groups in total. The summed E-state index contributed by atoms with van der Waals surface area (Å²) in [7, 11) is 1.97. The van der Waals surface area contributed by atoms with Crippen LogP contribution in [-0.4, -0.2) is 36.7 Å². The van der Waals surface area contributed by atoms with Crippen LogP contribution in [0, 0.1) is 17.1 Å². The number of nitrogens with one attached hydrogen (secondary N) is 1. The number of piperidine rings is 1. The van der Waals surface area contributed by atoms with Crippen molar-refractivity contribution in [3.05, 3.63) is 53.3 Å². The molecule has 1 aliphatic carbocycles.